The molecule has 1 N–H and O–H groups in total. The van der Waals surface area contributed by atoms with Gasteiger partial charge in [-0.1, -0.05) is 75.9 Å². The zero-order valence-electron chi connectivity index (χ0n) is 23.7. The number of unbranched alkanes of at least 4 members (excludes halogenated alkanes) is 2. The molecule has 0 atom stereocenters. The van der Waals surface area contributed by atoms with Gasteiger partial charge in [0.1, 0.15) is 12.4 Å². The lowest BCUT2D eigenvalue weighted by Gasteiger charge is -2.29. The van der Waals surface area contributed by atoms with Crippen molar-refractivity contribution in [2.75, 3.05) is 26.4 Å². The van der Waals surface area contributed by atoms with Gasteiger partial charge in [-0.25, -0.2) is 0 Å². The quantitative estimate of drug-likeness (QED) is 0.183. The molecule has 2 aromatic rings. The van der Waals surface area contributed by atoms with Crippen molar-refractivity contribution in [2.45, 2.75) is 97.3 Å². The molecule has 0 bridgehead atoms. The van der Waals surface area contributed by atoms with Crippen molar-refractivity contribution < 1.29 is 14.6 Å². The molecule has 0 heterocycles. The van der Waals surface area contributed by atoms with Gasteiger partial charge in [-0.15, -0.1) is 0 Å². The summed E-state index contributed by atoms with van der Waals surface area (Å²) in [5.74, 6) is 2.53. The number of aliphatic hydroxyl groups is 1. The summed E-state index contributed by atoms with van der Waals surface area (Å²) in [5, 5.41) is 9.26. The first kappa shape index (κ1) is 29.5. The van der Waals surface area contributed by atoms with Gasteiger partial charge in [-0.05, 0) is 104 Å². The molecule has 0 amide bonds. The van der Waals surface area contributed by atoms with Crippen LogP contribution in [0.4, 0.5) is 0 Å². The molecular formula is C34H50O3. The second-order valence-corrected chi connectivity index (χ2v) is 11.0. The molecule has 0 aromatic heterocycles. The zero-order valence-corrected chi connectivity index (χ0v) is 23.7. The highest BCUT2D eigenvalue weighted by atomic mass is 16.5. The van der Waals surface area contributed by atoms with Crippen LogP contribution in [0.2, 0.25) is 0 Å². The van der Waals surface area contributed by atoms with Crippen molar-refractivity contribution in [3.05, 3.63) is 65.2 Å². The standard InChI is InChI=1S/C34H50O3/c1-5-7-8-10-27-12-14-29(15-13-27)30-16-18-33(28(6-2)23-30)31-17-19-34(37-22-20-35)32(24-31)11-9-21-36-25-26(3)4/h16-19,23-24,27,29,35H,3,5-15,20-22,25H2,1-2,4H3. The zero-order chi connectivity index (χ0) is 26.5. The Bertz CT molecular complexity index is 956. The van der Waals surface area contributed by atoms with Crippen LogP contribution in [0.25, 0.3) is 11.1 Å². The Morgan fingerprint density at radius 3 is 2.46 bits per heavy atom. The van der Waals surface area contributed by atoms with Gasteiger partial charge in [0.2, 0.25) is 0 Å². The second-order valence-electron chi connectivity index (χ2n) is 11.0. The van der Waals surface area contributed by atoms with E-state index >= 15 is 0 Å². The summed E-state index contributed by atoms with van der Waals surface area (Å²) in [4.78, 5) is 0. The highest BCUT2D eigenvalue weighted by Crippen LogP contribution is 2.39. The topological polar surface area (TPSA) is 38.7 Å². The molecule has 0 radical (unpaired) electrons. The summed E-state index contributed by atoms with van der Waals surface area (Å²) in [5.41, 5.74) is 7.76. The van der Waals surface area contributed by atoms with Crippen LogP contribution < -0.4 is 4.74 Å². The van der Waals surface area contributed by atoms with Crippen LogP contribution in [-0.4, -0.2) is 31.5 Å². The number of benzene rings is 2. The summed E-state index contributed by atoms with van der Waals surface area (Å²) in [6.07, 6.45) is 13.9. The molecule has 3 rings (SSSR count). The molecule has 0 aliphatic heterocycles. The molecule has 3 heteroatoms. The first-order valence-corrected chi connectivity index (χ1v) is 14.8. The maximum absolute atomic E-state index is 9.26. The van der Waals surface area contributed by atoms with Gasteiger partial charge >= 0.3 is 0 Å². The molecule has 0 unspecified atom stereocenters. The monoisotopic (exact) mass is 506 g/mol. The number of aliphatic hydroxyl groups excluding tert-OH is 1. The predicted molar refractivity (Wildman–Crippen MR) is 157 cm³/mol. The minimum atomic E-state index is 0.0189. The SMILES string of the molecule is C=C(C)COCCCc1cc(-c2ccc(C3CCC(CCCCC)CC3)cc2CC)ccc1OCCO. The van der Waals surface area contributed by atoms with Crippen LogP contribution in [0.1, 0.15) is 101 Å². The Hall–Kier alpha value is -2.10. The minimum Gasteiger partial charge on any atom is -0.491 e. The molecule has 0 saturated heterocycles. The first-order valence-electron chi connectivity index (χ1n) is 14.8. The molecule has 1 saturated carbocycles. The van der Waals surface area contributed by atoms with E-state index in [-0.39, 0.29) is 6.61 Å². The molecule has 3 nitrogen and oxygen atoms in total. The van der Waals surface area contributed by atoms with Gasteiger partial charge in [0.15, 0.2) is 0 Å². The highest BCUT2D eigenvalue weighted by molar-refractivity contribution is 5.70. The Balaban J connectivity index is 1.71. The van der Waals surface area contributed by atoms with Crippen LogP contribution in [0, 0.1) is 5.92 Å². The smallest absolute Gasteiger partial charge is 0.122 e. The van der Waals surface area contributed by atoms with Crippen molar-refractivity contribution in [3.8, 4) is 16.9 Å². The molecular weight excluding hydrogens is 456 g/mol. The fraction of sp³-hybridized carbons (Fsp3) is 0.588. The molecule has 1 aliphatic carbocycles. The van der Waals surface area contributed by atoms with E-state index < -0.39 is 0 Å². The number of aryl methyl sites for hydroxylation is 2. The van der Waals surface area contributed by atoms with Crippen molar-refractivity contribution in [2.24, 2.45) is 5.92 Å². The second kappa shape index (κ2) is 16.0. The number of rotatable bonds is 16. The van der Waals surface area contributed by atoms with E-state index in [9.17, 15) is 5.11 Å². The largest absolute Gasteiger partial charge is 0.491 e. The summed E-state index contributed by atoms with van der Waals surface area (Å²) in [6.45, 7) is 12.1. The van der Waals surface area contributed by atoms with Crippen LogP contribution in [0.3, 0.4) is 0 Å². The minimum absolute atomic E-state index is 0.0189. The van der Waals surface area contributed by atoms with E-state index in [0.717, 1.165) is 36.5 Å². The van der Waals surface area contributed by atoms with Gasteiger partial charge in [0, 0.05) is 6.61 Å². The molecule has 1 fully saturated rings. The lowest BCUT2D eigenvalue weighted by molar-refractivity contribution is 0.153. The lowest BCUT2D eigenvalue weighted by Crippen LogP contribution is -2.13. The van der Waals surface area contributed by atoms with Crippen LogP contribution in [-0.2, 0) is 17.6 Å². The Morgan fingerprint density at radius 2 is 1.76 bits per heavy atom. The Labute approximate surface area is 226 Å². The predicted octanol–water partition coefficient (Wildman–Crippen LogP) is 8.67. The summed E-state index contributed by atoms with van der Waals surface area (Å²) < 4.78 is 11.6. The van der Waals surface area contributed by atoms with Crippen molar-refractivity contribution in [1.82, 2.24) is 0 Å². The fourth-order valence-corrected chi connectivity index (χ4v) is 5.76. The first-order chi connectivity index (χ1) is 18.0. The van der Waals surface area contributed by atoms with E-state index in [1.54, 1.807) is 0 Å². The number of hydrogen-bond acceptors (Lipinski definition) is 3. The highest BCUT2D eigenvalue weighted by Gasteiger charge is 2.23. The lowest BCUT2D eigenvalue weighted by atomic mass is 9.76. The third-order valence-electron chi connectivity index (χ3n) is 7.85. The summed E-state index contributed by atoms with van der Waals surface area (Å²) in [6, 6.07) is 13.7. The number of ether oxygens (including phenoxy) is 2. The van der Waals surface area contributed by atoms with Gasteiger partial charge in [0.25, 0.3) is 0 Å². The van der Waals surface area contributed by atoms with E-state index in [1.165, 1.54) is 79.2 Å². The van der Waals surface area contributed by atoms with Crippen molar-refractivity contribution in [3.63, 3.8) is 0 Å². The average molecular weight is 507 g/mol. The third-order valence-corrected chi connectivity index (χ3v) is 7.85. The van der Waals surface area contributed by atoms with Gasteiger partial charge in [-0.3, -0.25) is 0 Å². The molecule has 2 aromatic carbocycles. The van der Waals surface area contributed by atoms with Gasteiger partial charge < -0.3 is 14.6 Å². The maximum Gasteiger partial charge on any atom is 0.122 e. The third kappa shape index (κ3) is 9.30. The van der Waals surface area contributed by atoms with Crippen molar-refractivity contribution in [1.29, 1.82) is 0 Å². The maximum atomic E-state index is 9.26. The number of hydrogen-bond donors (Lipinski definition) is 1. The van der Waals surface area contributed by atoms with Gasteiger partial charge in [-0.2, -0.15) is 0 Å². The van der Waals surface area contributed by atoms with E-state index in [1.807, 2.05) is 6.92 Å². The normalized spacial score (nSPS) is 17.6. The van der Waals surface area contributed by atoms with E-state index in [4.69, 9.17) is 9.47 Å². The van der Waals surface area contributed by atoms with E-state index in [2.05, 4.69) is 56.8 Å². The Morgan fingerprint density at radius 1 is 0.946 bits per heavy atom. The van der Waals surface area contributed by atoms with Crippen LogP contribution in [0.15, 0.2) is 48.6 Å². The molecule has 1 aliphatic rings. The van der Waals surface area contributed by atoms with Crippen LogP contribution >= 0.6 is 0 Å². The van der Waals surface area contributed by atoms with E-state index in [0.29, 0.717) is 25.7 Å². The van der Waals surface area contributed by atoms with Gasteiger partial charge in [0.05, 0.1) is 13.2 Å². The summed E-state index contributed by atoms with van der Waals surface area (Å²) in [7, 11) is 0. The van der Waals surface area contributed by atoms with Crippen molar-refractivity contribution >= 4 is 0 Å². The molecule has 204 valence electrons. The Kier molecular flexibility index (Phi) is 12.7. The summed E-state index contributed by atoms with van der Waals surface area (Å²) >= 11 is 0. The molecule has 0 spiro atoms. The van der Waals surface area contributed by atoms with Crippen LogP contribution in [0.5, 0.6) is 5.75 Å². The average Bonchev–Trinajstić information content (AvgIpc) is 2.92. The molecule has 37 heavy (non-hydrogen) atoms. The fourth-order valence-electron chi connectivity index (χ4n) is 5.76.